The summed E-state index contributed by atoms with van der Waals surface area (Å²) >= 11 is 5.92. The fourth-order valence-corrected chi connectivity index (χ4v) is 3.86. The molecule has 0 saturated heterocycles. The van der Waals surface area contributed by atoms with Crippen LogP contribution in [0.15, 0.2) is 54.9 Å². The first kappa shape index (κ1) is 19.6. The van der Waals surface area contributed by atoms with Crippen molar-refractivity contribution in [1.82, 2.24) is 9.97 Å². The number of nitrogens with zero attached hydrogens (tertiary/aromatic N) is 2. The van der Waals surface area contributed by atoms with Crippen molar-refractivity contribution in [2.24, 2.45) is 0 Å². The van der Waals surface area contributed by atoms with Gasteiger partial charge in [-0.05, 0) is 49.6 Å². The summed E-state index contributed by atoms with van der Waals surface area (Å²) in [7, 11) is 0. The van der Waals surface area contributed by atoms with Crippen molar-refractivity contribution in [1.29, 1.82) is 0 Å². The molecule has 0 radical (unpaired) electrons. The van der Waals surface area contributed by atoms with E-state index >= 15 is 0 Å². The van der Waals surface area contributed by atoms with Crippen LogP contribution in [0.5, 0.6) is 0 Å². The van der Waals surface area contributed by atoms with Gasteiger partial charge in [-0.1, -0.05) is 41.8 Å². The topological polar surface area (TPSA) is 75.1 Å². The molecule has 0 bridgehead atoms. The van der Waals surface area contributed by atoms with Crippen LogP contribution in [0.3, 0.4) is 0 Å². The second kappa shape index (κ2) is 7.93. The highest BCUT2D eigenvalue weighted by atomic mass is 35.5. The van der Waals surface area contributed by atoms with Crippen LogP contribution in [0.2, 0.25) is 5.02 Å². The summed E-state index contributed by atoms with van der Waals surface area (Å²) < 4.78 is 0. The van der Waals surface area contributed by atoms with E-state index in [0.717, 1.165) is 36.0 Å². The van der Waals surface area contributed by atoms with Crippen LogP contribution < -0.4 is 5.32 Å². The third-order valence-electron chi connectivity index (χ3n) is 5.59. The Labute approximate surface area is 174 Å². The number of carbonyl (C=O) groups excluding carboxylic acids is 1. The van der Waals surface area contributed by atoms with Gasteiger partial charge in [-0.25, -0.2) is 0 Å². The van der Waals surface area contributed by atoms with E-state index < -0.39 is 5.41 Å². The molecular formula is C23H22ClN3O2. The highest BCUT2D eigenvalue weighted by Crippen LogP contribution is 2.44. The monoisotopic (exact) mass is 407 g/mol. The third-order valence-corrected chi connectivity index (χ3v) is 5.85. The molecule has 1 fully saturated rings. The molecule has 2 aromatic carbocycles. The number of hydrogen-bond donors (Lipinski definition) is 2. The Kier molecular flexibility index (Phi) is 5.35. The van der Waals surface area contributed by atoms with E-state index in [4.69, 9.17) is 11.6 Å². The molecule has 1 saturated carbocycles. The average molecular weight is 408 g/mol. The van der Waals surface area contributed by atoms with E-state index in [9.17, 15) is 9.90 Å². The van der Waals surface area contributed by atoms with Crippen molar-refractivity contribution < 1.29 is 9.90 Å². The molecule has 29 heavy (non-hydrogen) atoms. The van der Waals surface area contributed by atoms with Crippen molar-refractivity contribution in [3.05, 3.63) is 76.7 Å². The second-order valence-electron chi connectivity index (χ2n) is 7.50. The largest absolute Gasteiger partial charge is 0.392 e. The molecule has 4 rings (SSSR count). The first-order valence-corrected chi connectivity index (χ1v) is 10.00. The van der Waals surface area contributed by atoms with Gasteiger partial charge in [0.05, 0.1) is 35.8 Å². The van der Waals surface area contributed by atoms with E-state index in [0.29, 0.717) is 22.1 Å². The number of rotatable bonds is 5. The first-order chi connectivity index (χ1) is 14.0. The Morgan fingerprint density at radius 1 is 1.14 bits per heavy atom. The minimum atomic E-state index is -0.655. The molecule has 2 N–H and O–H groups in total. The van der Waals surface area contributed by atoms with Gasteiger partial charge in [-0.3, -0.25) is 14.8 Å². The molecule has 1 aliphatic rings. The predicted molar refractivity (Wildman–Crippen MR) is 114 cm³/mol. The first-order valence-electron chi connectivity index (χ1n) is 9.62. The fourth-order valence-electron chi connectivity index (χ4n) is 3.73. The van der Waals surface area contributed by atoms with E-state index in [-0.39, 0.29) is 12.5 Å². The van der Waals surface area contributed by atoms with Crippen molar-refractivity contribution >= 4 is 23.2 Å². The zero-order chi connectivity index (χ0) is 20.4. The minimum absolute atomic E-state index is 0.0616. The van der Waals surface area contributed by atoms with Crippen LogP contribution in [-0.4, -0.2) is 21.0 Å². The number of aliphatic hydroxyl groups excluding tert-OH is 1. The van der Waals surface area contributed by atoms with Crippen LogP contribution in [0, 0.1) is 6.92 Å². The van der Waals surface area contributed by atoms with E-state index in [2.05, 4.69) is 15.3 Å². The van der Waals surface area contributed by atoms with Gasteiger partial charge in [0.25, 0.3) is 0 Å². The third kappa shape index (κ3) is 3.76. The molecular weight excluding hydrogens is 386 g/mol. The highest BCUT2D eigenvalue weighted by Gasteiger charge is 2.47. The Balaban J connectivity index is 1.60. The van der Waals surface area contributed by atoms with Gasteiger partial charge in [0.2, 0.25) is 5.91 Å². The number of aromatic nitrogens is 2. The summed E-state index contributed by atoms with van der Waals surface area (Å²) in [5.74, 6) is -0.0699. The molecule has 0 atom stereocenters. The molecule has 1 heterocycles. The summed E-state index contributed by atoms with van der Waals surface area (Å²) in [6.07, 6.45) is 5.84. The lowest BCUT2D eigenvalue weighted by Crippen LogP contribution is -2.46. The maximum atomic E-state index is 13.0. The molecule has 148 valence electrons. The number of aliphatic hydroxyl groups is 1. The highest BCUT2D eigenvalue weighted by molar-refractivity contribution is 6.30. The Morgan fingerprint density at radius 3 is 2.48 bits per heavy atom. The summed E-state index contributed by atoms with van der Waals surface area (Å²) in [5.41, 5.74) is 4.16. The zero-order valence-electron chi connectivity index (χ0n) is 16.2. The molecule has 0 spiro atoms. The molecule has 1 amide bonds. The smallest absolute Gasteiger partial charge is 0.236 e. The van der Waals surface area contributed by atoms with Crippen LogP contribution >= 0.6 is 11.6 Å². The van der Waals surface area contributed by atoms with Crippen LogP contribution in [-0.2, 0) is 16.8 Å². The van der Waals surface area contributed by atoms with E-state index in [1.165, 1.54) is 0 Å². The fraction of sp³-hybridized carbons (Fsp3) is 0.261. The van der Waals surface area contributed by atoms with Gasteiger partial charge >= 0.3 is 0 Å². The second-order valence-corrected chi connectivity index (χ2v) is 7.94. The molecule has 5 nitrogen and oxygen atoms in total. The molecule has 6 heteroatoms. The lowest BCUT2D eigenvalue weighted by atomic mass is 9.66. The lowest BCUT2D eigenvalue weighted by molar-refractivity contribution is -0.124. The van der Waals surface area contributed by atoms with Crippen LogP contribution in [0.25, 0.3) is 11.3 Å². The summed E-state index contributed by atoms with van der Waals surface area (Å²) in [5, 5.41) is 13.3. The lowest BCUT2D eigenvalue weighted by Gasteiger charge is -2.39. The average Bonchev–Trinajstić information content (AvgIpc) is 2.69. The number of nitrogens with one attached hydrogen (secondary N) is 1. The van der Waals surface area contributed by atoms with Crippen LogP contribution in [0.4, 0.5) is 5.69 Å². The molecule has 1 aromatic heterocycles. The zero-order valence-corrected chi connectivity index (χ0v) is 16.9. The number of carbonyl (C=O) groups is 1. The van der Waals surface area contributed by atoms with Gasteiger partial charge in [0.15, 0.2) is 0 Å². The number of hydrogen-bond acceptors (Lipinski definition) is 4. The maximum Gasteiger partial charge on any atom is 0.236 e. The van der Waals surface area contributed by atoms with Crippen molar-refractivity contribution in [3.63, 3.8) is 0 Å². The predicted octanol–water partition coefficient (Wildman–Crippen LogP) is 4.66. The van der Waals surface area contributed by atoms with Crippen molar-refractivity contribution in [2.75, 3.05) is 5.32 Å². The number of halogens is 1. The standard InChI is InChI=1S/C23H22ClN3O2/c1-15-3-8-19(16(11-15)14-28)20-12-26-21(13-25-20)23(9-2-10-23)22(29)27-18-6-4-17(24)5-7-18/h3-8,11-13,28H,2,9-10,14H2,1H3,(H,27,29). The Bertz CT molecular complexity index is 1030. The molecule has 1 aliphatic carbocycles. The van der Waals surface area contributed by atoms with Gasteiger partial charge in [-0.15, -0.1) is 0 Å². The molecule has 0 aliphatic heterocycles. The molecule has 3 aromatic rings. The quantitative estimate of drug-likeness (QED) is 0.645. The van der Waals surface area contributed by atoms with E-state index in [1.54, 1.807) is 36.7 Å². The van der Waals surface area contributed by atoms with Gasteiger partial charge < -0.3 is 10.4 Å². The van der Waals surface area contributed by atoms with Gasteiger partial charge in [0.1, 0.15) is 0 Å². The SMILES string of the molecule is Cc1ccc(-c2cnc(C3(C(=O)Nc4ccc(Cl)cc4)CCC3)cn2)c(CO)c1. The number of aryl methyl sites for hydroxylation is 1. The summed E-state index contributed by atoms with van der Waals surface area (Å²) in [6.45, 7) is 1.92. The Hall–Kier alpha value is -2.76. The van der Waals surface area contributed by atoms with Crippen molar-refractivity contribution in [3.8, 4) is 11.3 Å². The number of amides is 1. The summed E-state index contributed by atoms with van der Waals surface area (Å²) in [4.78, 5) is 22.2. The van der Waals surface area contributed by atoms with Crippen LogP contribution in [0.1, 0.15) is 36.1 Å². The Morgan fingerprint density at radius 2 is 1.90 bits per heavy atom. The van der Waals surface area contributed by atoms with Gasteiger partial charge in [0, 0.05) is 16.3 Å². The maximum absolute atomic E-state index is 13.0. The number of anilines is 1. The van der Waals surface area contributed by atoms with E-state index in [1.807, 2.05) is 25.1 Å². The van der Waals surface area contributed by atoms with Crippen molar-refractivity contribution in [2.45, 2.75) is 38.2 Å². The normalized spacial score (nSPS) is 14.9. The van der Waals surface area contributed by atoms with Gasteiger partial charge in [-0.2, -0.15) is 0 Å². The number of benzene rings is 2. The summed E-state index contributed by atoms with van der Waals surface area (Å²) in [6, 6.07) is 12.9. The molecule has 0 unspecified atom stereocenters. The minimum Gasteiger partial charge on any atom is -0.392 e.